The number of aromatic nitrogens is 2. The number of carboxylic acid groups (broad SMARTS) is 1. The molecule has 0 aliphatic rings. The molecule has 1 unspecified atom stereocenters. The Morgan fingerprint density at radius 3 is 2.57 bits per heavy atom. The predicted molar refractivity (Wildman–Crippen MR) is 70.8 cm³/mol. The van der Waals surface area contributed by atoms with E-state index in [1.807, 2.05) is 6.92 Å². The van der Waals surface area contributed by atoms with E-state index in [9.17, 15) is 18.0 Å². The van der Waals surface area contributed by atoms with Crippen LogP contribution in [0.2, 0.25) is 0 Å². The molecule has 0 aliphatic carbocycles. The van der Waals surface area contributed by atoms with Crippen molar-refractivity contribution in [3.63, 3.8) is 0 Å². The largest absolute Gasteiger partial charge is 0.480 e. The predicted octanol–water partition coefficient (Wildman–Crippen LogP) is 2.53. The molecule has 0 aliphatic heterocycles. The quantitative estimate of drug-likeness (QED) is 0.724. The smallest absolute Gasteiger partial charge is 0.419 e. The Kier molecular flexibility index (Phi) is 5.77. The van der Waals surface area contributed by atoms with E-state index in [-0.39, 0.29) is 0 Å². The average molecular weight is 307 g/mol. The highest BCUT2D eigenvalue weighted by atomic mass is 19.4. The van der Waals surface area contributed by atoms with Gasteiger partial charge >= 0.3 is 12.1 Å². The summed E-state index contributed by atoms with van der Waals surface area (Å²) in [6.45, 7) is 4.30. The van der Waals surface area contributed by atoms with Crippen LogP contribution in [0.5, 0.6) is 0 Å². The number of hydrogen-bond donors (Lipinski definition) is 2. The molecule has 1 atom stereocenters. The Bertz CT molecular complexity index is 473. The summed E-state index contributed by atoms with van der Waals surface area (Å²) in [5, 5.41) is 15.7. The normalized spacial score (nSPS) is 14.9. The molecule has 1 rings (SSSR count). The lowest BCUT2D eigenvalue weighted by molar-refractivity contribution is -0.144. The van der Waals surface area contributed by atoms with Crippen LogP contribution in [0.3, 0.4) is 0 Å². The van der Waals surface area contributed by atoms with Crippen LogP contribution in [0.25, 0.3) is 0 Å². The van der Waals surface area contributed by atoms with E-state index >= 15 is 0 Å². The number of carboxylic acids is 1. The first-order valence-corrected chi connectivity index (χ1v) is 6.77. The fourth-order valence-corrected chi connectivity index (χ4v) is 2.05. The molecule has 2 N–H and O–H groups in total. The molecule has 0 radical (unpaired) electrons. The van der Waals surface area contributed by atoms with E-state index in [0.717, 1.165) is 12.4 Å². The van der Waals surface area contributed by atoms with Gasteiger partial charge in [-0.05, 0) is 32.7 Å². The molecule has 1 aromatic rings. The minimum atomic E-state index is -4.38. The van der Waals surface area contributed by atoms with Gasteiger partial charge in [0, 0.05) is 12.7 Å². The lowest BCUT2D eigenvalue weighted by Gasteiger charge is -2.25. The molecule has 0 saturated heterocycles. The number of alkyl halides is 3. The first kappa shape index (κ1) is 17.5. The Hall–Kier alpha value is -1.57. The lowest BCUT2D eigenvalue weighted by atomic mass is 9.95. The molecule has 0 fully saturated rings. The van der Waals surface area contributed by atoms with Crippen LogP contribution in [0.1, 0.15) is 38.7 Å². The zero-order chi connectivity index (χ0) is 16.1. The van der Waals surface area contributed by atoms with E-state index in [4.69, 9.17) is 5.11 Å². The van der Waals surface area contributed by atoms with Crippen molar-refractivity contribution in [2.24, 2.45) is 0 Å². The second kappa shape index (κ2) is 6.93. The zero-order valence-corrected chi connectivity index (χ0v) is 12.1. The van der Waals surface area contributed by atoms with Crippen LogP contribution in [-0.2, 0) is 17.5 Å². The molecule has 0 aromatic carbocycles. The maximum Gasteiger partial charge on any atom is 0.419 e. The number of nitrogens with one attached hydrogen (secondary N) is 1. The number of halogens is 3. The van der Waals surface area contributed by atoms with Gasteiger partial charge in [-0.3, -0.25) is 9.48 Å². The minimum Gasteiger partial charge on any atom is -0.480 e. The molecule has 120 valence electrons. The maximum absolute atomic E-state index is 12.4. The summed E-state index contributed by atoms with van der Waals surface area (Å²) in [5.74, 6) is -0.928. The molecular formula is C13H20F3N3O2. The Morgan fingerprint density at radius 1 is 1.43 bits per heavy atom. The van der Waals surface area contributed by atoms with Crippen molar-refractivity contribution in [3.8, 4) is 0 Å². The van der Waals surface area contributed by atoms with Crippen molar-refractivity contribution in [2.45, 2.75) is 51.4 Å². The summed E-state index contributed by atoms with van der Waals surface area (Å²) >= 11 is 0. The van der Waals surface area contributed by atoms with E-state index in [1.54, 1.807) is 6.92 Å². The summed E-state index contributed by atoms with van der Waals surface area (Å²) in [6, 6.07) is 0. The summed E-state index contributed by atoms with van der Waals surface area (Å²) in [6.07, 6.45) is -1.08. The minimum absolute atomic E-state index is 0.331. The number of unbranched alkanes of at least 4 members (excludes halogenated alkanes) is 1. The number of aliphatic carboxylic acids is 1. The molecule has 0 amide bonds. The van der Waals surface area contributed by atoms with Gasteiger partial charge in [-0.2, -0.15) is 18.3 Å². The maximum atomic E-state index is 12.4. The number of carbonyl (C=O) groups is 1. The van der Waals surface area contributed by atoms with Gasteiger partial charge < -0.3 is 10.4 Å². The van der Waals surface area contributed by atoms with E-state index < -0.39 is 23.2 Å². The van der Waals surface area contributed by atoms with Crippen LogP contribution < -0.4 is 5.32 Å². The Balaban J connectivity index is 2.43. The number of rotatable bonds is 8. The number of hydrogen-bond acceptors (Lipinski definition) is 3. The molecule has 1 aromatic heterocycles. The van der Waals surface area contributed by atoms with Gasteiger partial charge in [0.05, 0.1) is 11.8 Å². The molecule has 5 nitrogen and oxygen atoms in total. The summed E-state index contributed by atoms with van der Waals surface area (Å²) in [7, 11) is 0. The third kappa shape index (κ3) is 5.04. The lowest BCUT2D eigenvalue weighted by Crippen LogP contribution is -2.49. The van der Waals surface area contributed by atoms with Crippen LogP contribution in [0.4, 0.5) is 13.2 Å². The third-order valence-corrected chi connectivity index (χ3v) is 3.31. The summed E-state index contributed by atoms with van der Waals surface area (Å²) < 4.78 is 38.4. The van der Waals surface area contributed by atoms with Crippen LogP contribution in [-0.4, -0.2) is 32.9 Å². The highest BCUT2D eigenvalue weighted by molar-refractivity contribution is 5.78. The van der Waals surface area contributed by atoms with Gasteiger partial charge in [0.1, 0.15) is 5.54 Å². The monoisotopic (exact) mass is 307 g/mol. The second-order valence-corrected chi connectivity index (χ2v) is 5.11. The second-order valence-electron chi connectivity index (χ2n) is 5.11. The molecule has 0 saturated carbocycles. The van der Waals surface area contributed by atoms with Gasteiger partial charge in [0.25, 0.3) is 0 Å². The van der Waals surface area contributed by atoms with Gasteiger partial charge in [-0.1, -0.05) is 6.92 Å². The van der Waals surface area contributed by atoms with Crippen molar-refractivity contribution < 1.29 is 23.1 Å². The molecule has 21 heavy (non-hydrogen) atoms. The number of likely N-dealkylation sites (N-methyl/N-ethyl adjacent to an activating group) is 1. The first-order valence-electron chi connectivity index (χ1n) is 6.77. The molecule has 8 heteroatoms. The van der Waals surface area contributed by atoms with Crippen molar-refractivity contribution in [1.29, 1.82) is 0 Å². The van der Waals surface area contributed by atoms with Gasteiger partial charge in [0.15, 0.2) is 0 Å². The van der Waals surface area contributed by atoms with Gasteiger partial charge in [0.2, 0.25) is 0 Å². The Morgan fingerprint density at radius 2 is 2.10 bits per heavy atom. The van der Waals surface area contributed by atoms with Crippen molar-refractivity contribution in [1.82, 2.24) is 15.1 Å². The van der Waals surface area contributed by atoms with E-state index in [1.165, 1.54) is 4.68 Å². The zero-order valence-electron chi connectivity index (χ0n) is 12.1. The Labute approximate surface area is 121 Å². The van der Waals surface area contributed by atoms with Crippen molar-refractivity contribution in [3.05, 3.63) is 18.0 Å². The fourth-order valence-electron chi connectivity index (χ4n) is 2.05. The SMILES string of the molecule is CCNC(C)(CCCCn1cc(C(F)(F)F)cn1)C(=O)O. The molecule has 0 bridgehead atoms. The highest BCUT2D eigenvalue weighted by Gasteiger charge is 2.32. The van der Waals surface area contributed by atoms with E-state index in [0.29, 0.717) is 32.4 Å². The van der Waals surface area contributed by atoms with Gasteiger partial charge in [-0.25, -0.2) is 0 Å². The standard InChI is InChI=1S/C13H20F3N3O2/c1-3-17-12(2,11(20)21)6-4-5-7-19-9-10(8-18-19)13(14,15)16/h8-9,17H,3-7H2,1-2H3,(H,20,21). The van der Waals surface area contributed by atoms with Crippen LogP contribution in [0.15, 0.2) is 12.4 Å². The van der Waals surface area contributed by atoms with Crippen molar-refractivity contribution in [2.75, 3.05) is 6.54 Å². The van der Waals surface area contributed by atoms with Gasteiger partial charge in [-0.15, -0.1) is 0 Å². The topological polar surface area (TPSA) is 67.2 Å². The molecular weight excluding hydrogens is 287 g/mol. The summed E-state index contributed by atoms with van der Waals surface area (Å²) in [5.41, 5.74) is -1.78. The van der Waals surface area contributed by atoms with Crippen LogP contribution >= 0.6 is 0 Å². The first-order chi connectivity index (χ1) is 9.69. The number of aryl methyl sites for hydroxylation is 1. The highest BCUT2D eigenvalue weighted by Crippen LogP contribution is 2.28. The fraction of sp³-hybridized carbons (Fsp3) is 0.692. The van der Waals surface area contributed by atoms with Crippen molar-refractivity contribution >= 4 is 5.97 Å². The molecule has 1 heterocycles. The van der Waals surface area contributed by atoms with E-state index in [2.05, 4.69) is 10.4 Å². The van der Waals surface area contributed by atoms with Crippen LogP contribution in [0, 0.1) is 0 Å². The molecule has 0 spiro atoms. The number of nitrogens with zero attached hydrogens (tertiary/aromatic N) is 2. The summed E-state index contributed by atoms with van der Waals surface area (Å²) in [4.78, 5) is 11.2. The third-order valence-electron chi connectivity index (χ3n) is 3.31. The average Bonchev–Trinajstić information content (AvgIpc) is 2.83.